The topological polar surface area (TPSA) is 72.6 Å². The maximum Gasteiger partial charge on any atom is 0.305 e. The highest BCUT2D eigenvalue weighted by molar-refractivity contribution is 7.13. The van der Waals surface area contributed by atoms with Crippen molar-refractivity contribution < 1.29 is 18.7 Å². The maximum absolute atomic E-state index is 12.2. The number of carbonyl (C=O) groups excluding carboxylic acids is 2. The number of nitrogens with zero attached hydrogens (tertiary/aromatic N) is 2. The molecule has 2 aromatic rings. The first-order chi connectivity index (χ1) is 11.0. The van der Waals surface area contributed by atoms with Gasteiger partial charge in [-0.2, -0.15) is 0 Å². The Balaban J connectivity index is 1.91. The quantitative estimate of drug-likeness (QED) is 0.727. The number of oxazole rings is 1. The highest BCUT2D eigenvalue weighted by atomic mass is 32.1. The average molecular weight is 336 g/mol. The van der Waals surface area contributed by atoms with Crippen LogP contribution in [0.25, 0.3) is 10.8 Å². The van der Waals surface area contributed by atoms with Gasteiger partial charge in [0.1, 0.15) is 5.76 Å². The second kappa shape index (κ2) is 7.92. The molecule has 0 saturated heterocycles. The molecule has 0 atom stereocenters. The molecule has 7 heteroatoms. The highest BCUT2D eigenvalue weighted by Crippen LogP contribution is 2.26. The van der Waals surface area contributed by atoms with Gasteiger partial charge in [-0.05, 0) is 24.8 Å². The number of methoxy groups -OCH3 is 1. The van der Waals surface area contributed by atoms with Crippen LogP contribution >= 0.6 is 11.3 Å². The van der Waals surface area contributed by atoms with E-state index in [9.17, 15) is 9.59 Å². The van der Waals surface area contributed by atoms with Crippen LogP contribution in [0.15, 0.2) is 21.9 Å². The lowest BCUT2D eigenvalue weighted by atomic mass is 10.2. The molecule has 0 spiro atoms. The predicted octanol–water partition coefficient (Wildman–Crippen LogP) is 2.67. The standard InChI is InChI=1S/C16H20N2O4S/c1-11-12(17-16(22-11)13-6-5-9-23-13)10-14(19)18(2)8-4-7-15(20)21-3/h5-6,9H,4,7-8,10H2,1-3H3. The number of thiophene rings is 1. The Bertz CT molecular complexity index is 664. The van der Waals surface area contributed by atoms with Gasteiger partial charge in [0, 0.05) is 20.0 Å². The predicted molar refractivity (Wildman–Crippen MR) is 87.1 cm³/mol. The van der Waals surface area contributed by atoms with Crippen molar-refractivity contribution in [3.63, 3.8) is 0 Å². The van der Waals surface area contributed by atoms with E-state index in [0.717, 1.165) is 4.88 Å². The van der Waals surface area contributed by atoms with E-state index in [0.29, 0.717) is 36.7 Å². The number of likely N-dealkylation sites (N-methyl/N-ethyl adjacent to an activating group) is 1. The van der Waals surface area contributed by atoms with E-state index in [1.54, 1.807) is 23.3 Å². The van der Waals surface area contributed by atoms with Crippen molar-refractivity contribution in [1.29, 1.82) is 0 Å². The number of hydrogen-bond donors (Lipinski definition) is 0. The molecule has 6 nitrogen and oxygen atoms in total. The summed E-state index contributed by atoms with van der Waals surface area (Å²) in [6, 6.07) is 3.86. The molecule has 0 unspecified atom stereocenters. The monoisotopic (exact) mass is 336 g/mol. The number of esters is 1. The fraction of sp³-hybridized carbons (Fsp3) is 0.438. The third-order valence-electron chi connectivity index (χ3n) is 3.47. The number of rotatable bonds is 7. The van der Waals surface area contributed by atoms with Gasteiger partial charge in [-0.25, -0.2) is 4.98 Å². The Morgan fingerprint density at radius 1 is 1.43 bits per heavy atom. The largest absolute Gasteiger partial charge is 0.469 e. The Morgan fingerprint density at radius 3 is 2.87 bits per heavy atom. The summed E-state index contributed by atoms with van der Waals surface area (Å²) in [4.78, 5) is 30.3. The van der Waals surface area contributed by atoms with Gasteiger partial charge in [0.2, 0.25) is 11.8 Å². The molecule has 0 saturated carbocycles. The van der Waals surface area contributed by atoms with Crippen molar-refractivity contribution in [1.82, 2.24) is 9.88 Å². The summed E-state index contributed by atoms with van der Waals surface area (Å²) in [7, 11) is 3.07. The van der Waals surface area contributed by atoms with Crippen LogP contribution in [0.4, 0.5) is 0 Å². The molecule has 2 heterocycles. The fourth-order valence-corrected chi connectivity index (χ4v) is 2.71. The van der Waals surface area contributed by atoms with Gasteiger partial charge in [-0.3, -0.25) is 9.59 Å². The zero-order valence-corrected chi connectivity index (χ0v) is 14.3. The molecule has 1 amide bonds. The number of hydrogen-bond acceptors (Lipinski definition) is 6. The van der Waals surface area contributed by atoms with E-state index >= 15 is 0 Å². The molecule has 0 radical (unpaired) electrons. The second-order valence-corrected chi connectivity index (χ2v) is 6.12. The molecule has 0 fully saturated rings. The maximum atomic E-state index is 12.2. The zero-order chi connectivity index (χ0) is 16.8. The Labute approximate surface area is 139 Å². The molecular weight excluding hydrogens is 316 g/mol. The Kier molecular flexibility index (Phi) is 5.92. The normalized spacial score (nSPS) is 10.6. The number of ether oxygens (including phenoxy) is 1. The summed E-state index contributed by atoms with van der Waals surface area (Å²) in [6.45, 7) is 2.31. The third-order valence-corrected chi connectivity index (χ3v) is 4.33. The van der Waals surface area contributed by atoms with Gasteiger partial charge in [0.05, 0.1) is 24.1 Å². The fourth-order valence-electron chi connectivity index (χ4n) is 2.06. The minimum absolute atomic E-state index is 0.0519. The summed E-state index contributed by atoms with van der Waals surface area (Å²) < 4.78 is 10.2. The summed E-state index contributed by atoms with van der Waals surface area (Å²) in [5, 5.41) is 1.95. The van der Waals surface area contributed by atoms with Gasteiger partial charge < -0.3 is 14.1 Å². The van der Waals surface area contributed by atoms with Crippen LogP contribution in [0.2, 0.25) is 0 Å². The summed E-state index contributed by atoms with van der Waals surface area (Å²) in [6.07, 6.45) is 1.07. The van der Waals surface area contributed by atoms with E-state index in [2.05, 4.69) is 9.72 Å². The molecule has 124 valence electrons. The van der Waals surface area contributed by atoms with Crippen molar-refractivity contribution in [3.8, 4) is 10.8 Å². The van der Waals surface area contributed by atoms with E-state index in [4.69, 9.17) is 4.42 Å². The van der Waals surface area contributed by atoms with Gasteiger partial charge >= 0.3 is 5.97 Å². The molecule has 0 aliphatic heterocycles. The second-order valence-electron chi connectivity index (χ2n) is 5.17. The minimum atomic E-state index is -0.265. The highest BCUT2D eigenvalue weighted by Gasteiger charge is 2.17. The lowest BCUT2D eigenvalue weighted by Gasteiger charge is -2.16. The van der Waals surface area contributed by atoms with Crippen LogP contribution < -0.4 is 0 Å². The Morgan fingerprint density at radius 2 is 2.22 bits per heavy atom. The van der Waals surface area contributed by atoms with Crippen molar-refractivity contribution in [2.45, 2.75) is 26.2 Å². The van der Waals surface area contributed by atoms with Crippen LogP contribution in [-0.4, -0.2) is 42.5 Å². The number of amides is 1. The van der Waals surface area contributed by atoms with E-state index in [1.165, 1.54) is 7.11 Å². The minimum Gasteiger partial charge on any atom is -0.469 e. The lowest BCUT2D eigenvalue weighted by molar-refractivity contribution is -0.141. The molecule has 0 aromatic carbocycles. The van der Waals surface area contributed by atoms with Crippen LogP contribution in [0.1, 0.15) is 24.3 Å². The molecule has 23 heavy (non-hydrogen) atoms. The summed E-state index contributed by atoms with van der Waals surface area (Å²) in [5.41, 5.74) is 0.651. The molecule has 2 aromatic heterocycles. The van der Waals surface area contributed by atoms with Crippen LogP contribution in [0.5, 0.6) is 0 Å². The molecular formula is C16H20N2O4S. The molecule has 0 N–H and O–H groups in total. The van der Waals surface area contributed by atoms with Crippen molar-refractivity contribution in [2.24, 2.45) is 0 Å². The molecule has 2 rings (SSSR count). The summed E-state index contributed by atoms with van der Waals surface area (Å²) >= 11 is 1.54. The van der Waals surface area contributed by atoms with E-state index in [1.807, 2.05) is 24.4 Å². The SMILES string of the molecule is COC(=O)CCCN(C)C(=O)Cc1nc(-c2cccs2)oc1C. The number of aromatic nitrogens is 1. The van der Waals surface area contributed by atoms with Crippen molar-refractivity contribution in [2.75, 3.05) is 20.7 Å². The zero-order valence-electron chi connectivity index (χ0n) is 13.5. The van der Waals surface area contributed by atoms with Crippen LogP contribution in [0.3, 0.4) is 0 Å². The van der Waals surface area contributed by atoms with Crippen LogP contribution in [-0.2, 0) is 20.7 Å². The van der Waals surface area contributed by atoms with Gasteiger partial charge in [-0.1, -0.05) is 6.07 Å². The summed E-state index contributed by atoms with van der Waals surface area (Å²) in [5.74, 6) is 0.890. The van der Waals surface area contributed by atoms with Gasteiger partial charge in [-0.15, -0.1) is 11.3 Å². The first-order valence-electron chi connectivity index (χ1n) is 7.32. The molecule has 0 bridgehead atoms. The van der Waals surface area contributed by atoms with Crippen molar-refractivity contribution >= 4 is 23.2 Å². The first kappa shape index (κ1) is 17.2. The molecule has 0 aliphatic rings. The third kappa shape index (κ3) is 4.66. The smallest absolute Gasteiger partial charge is 0.305 e. The number of aryl methyl sites for hydroxylation is 1. The van der Waals surface area contributed by atoms with Crippen LogP contribution in [0, 0.1) is 6.92 Å². The lowest BCUT2D eigenvalue weighted by Crippen LogP contribution is -2.29. The van der Waals surface area contributed by atoms with Gasteiger partial charge in [0.15, 0.2) is 0 Å². The molecule has 0 aliphatic carbocycles. The first-order valence-corrected chi connectivity index (χ1v) is 8.20. The average Bonchev–Trinajstić information content (AvgIpc) is 3.17. The Hall–Kier alpha value is -2.15. The number of carbonyl (C=O) groups is 2. The van der Waals surface area contributed by atoms with E-state index in [-0.39, 0.29) is 18.3 Å². The van der Waals surface area contributed by atoms with Gasteiger partial charge in [0.25, 0.3) is 0 Å². The van der Waals surface area contributed by atoms with E-state index < -0.39 is 0 Å². The van der Waals surface area contributed by atoms with Crippen molar-refractivity contribution in [3.05, 3.63) is 29.0 Å².